The summed E-state index contributed by atoms with van der Waals surface area (Å²) in [6.07, 6.45) is 3.46. The van der Waals surface area contributed by atoms with E-state index in [-0.39, 0.29) is 36.1 Å². The summed E-state index contributed by atoms with van der Waals surface area (Å²) in [6.45, 7) is -0.213. The molecule has 0 aromatic heterocycles. The van der Waals surface area contributed by atoms with E-state index in [1.807, 2.05) is 54.6 Å². The maximum absolute atomic E-state index is 12.6. The smallest absolute Gasteiger partial charge is 0.244 e. The van der Waals surface area contributed by atoms with Gasteiger partial charge < -0.3 is 5.32 Å². The summed E-state index contributed by atoms with van der Waals surface area (Å²) >= 11 is 1.55. The van der Waals surface area contributed by atoms with Crippen LogP contribution in [0.2, 0.25) is 0 Å². The number of benzene rings is 2. The van der Waals surface area contributed by atoms with Crippen LogP contribution in [0, 0.1) is 11.8 Å². The van der Waals surface area contributed by atoms with Crippen molar-refractivity contribution in [2.24, 2.45) is 11.8 Å². The first-order valence-electron chi connectivity index (χ1n) is 9.60. The lowest BCUT2D eigenvalue weighted by molar-refractivity contribution is -0.142. The Balaban J connectivity index is 1.44. The van der Waals surface area contributed by atoms with Crippen molar-refractivity contribution in [2.75, 3.05) is 11.9 Å². The third kappa shape index (κ3) is 3.83. The van der Waals surface area contributed by atoms with Gasteiger partial charge in [-0.15, -0.1) is 0 Å². The van der Waals surface area contributed by atoms with Crippen molar-refractivity contribution in [3.05, 3.63) is 54.6 Å². The lowest BCUT2D eigenvalue weighted by Gasteiger charge is -2.19. The molecule has 28 heavy (non-hydrogen) atoms. The summed E-state index contributed by atoms with van der Waals surface area (Å²) in [6, 6.07) is 17.4. The topological polar surface area (TPSA) is 66.5 Å². The van der Waals surface area contributed by atoms with Gasteiger partial charge >= 0.3 is 0 Å². The van der Waals surface area contributed by atoms with E-state index in [2.05, 4.69) is 5.32 Å². The fraction of sp³-hybridized carbons (Fsp3) is 0.318. The van der Waals surface area contributed by atoms with Crippen molar-refractivity contribution >= 4 is 35.2 Å². The van der Waals surface area contributed by atoms with Crippen molar-refractivity contribution in [2.45, 2.75) is 35.5 Å². The fourth-order valence-electron chi connectivity index (χ4n) is 3.99. The van der Waals surface area contributed by atoms with Gasteiger partial charge in [-0.25, -0.2) is 0 Å². The molecule has 2 aliphatic rings. The third-order valence-corrected chi connectivity index (χ3v) is 6.45. The maximum atomic E-state index is 12.6. The third-order valence-electron chi connectivity index (χ3n) is 5.37. The van der Waals surface area contributed by atoms with E-state index in [1.165, 1.54) is 0 Å². The van der Waals surface area contributed by atoms with Crippen LogP contribution in [0.15, 0.2) is 64.4 Å². The van der Waals surface area contributed by atoms with Gasteiger partial charge in [0.05, 0.1) is 17.5 Å². The number of hydrogen-bond acceptors (Lipinski definition) is 4. The SMILES string of the molecule is O=C(CN1C(=O)C2CCCCC2C1=O)Nc1ccccc1Sc1ccccc1. The first-order valence-corrected chi connectivity index (χ1v) is 10.4. The molecule has 0 bridgehead atoms. The number of amides is 3. The number of carbonyl (C=O) groups excluding carboxylic acids is 3. The van der Waals surface area contributed by atoms with Gasteiger partial charge in [0.1, 0.15) is 6.54 Å². The summed E-state index contributed by atoms with van der Waals surface area (Å²) in [5, 5.41) is 2.87. The number of nitrogens with one attached hydrogen (secondary N) is 1. The molecule has 1 saturated heterocycles. The van der Waals surface area contributed by atoms with E-state index in [0.29, 0.717) is 5.69 Å². The monoisotopic (exact) mass is 394 g/mol. The van der Waals surface area contributed by atoms with Gasteiger partial charge in [0, 0.05) is 9.79 Å². The average Bonchev–Trinajstić information content (AvgIpc) is 2.95. The van der Waals surface area contributed by atoms with Crippen LogP contribution >= 0.6 is 11.8 Å². The van der Waals surface area contributed by atoms with E-state index in [1.54, 1.807) is 11.8 Å². The van der Waals surface area contributed by atoms with E-state index in [4.69, 9.17) is 0 Å². The molecule has 0 radical (unpaired) electrons. The highest BCUT2D eigenvalue weighted by Gasteiger charge is 2.48. The number of carbonyl (C=O) groups is 3. The van der Waals surface area contributed by atoms with Crippen LogP contribution in [0.4, 0.5) is 5.69 Å². The quantitative estimate of drug-likeness (QED) is 0.780. The Hall–Kier alpha value is -2.60. The molecule has 3 amide bonds. The second kappa shape index (κ2) is 8.19. The lowest BCUT2D eigenvalue weighted by Crippen LogP contribution is -2.38. The molecular formula is C22H22N2O3S. The number of rotatable bonds is 5. The van der Waals surface area contributed by atoms with Crippen molar-refractivity contribution in [1.29, 1.82) is 0 Å². The van der Waals surface area contributed by atoms with Crippen molar-refractivity contribution < 1.29 is 14.4 Å². The lowest BCUT2D eigenvalue weighted by atomic mass is 9.81. The van der Waals surface area contributed by atoms with Gasteiger partial charge in [0.25, 0.3) is 0 Å². The Morgan fingerprint density at radius 3 is 2.21 bits per heavy atom. The van der Waals surface area contributed by atoms with E-state index in [0.717, 1.165) is 40.4 Å². The minimum atomic E-state index is -0.346. The molecule has 2 unspecified atom stereocenters. The fourth-order valence-corrected chi connectivity index (χ4v) is 4.92. The molecule has 2 aromatic rings. The van der Waals surface area contributed by atoms with Crippen LogP contribution in [-0.2, 0) is 14.4 Å². The van der Waals surface area contributed by atoms with E-state index in [9.17, 15) is 14.4 Å². The molecule has 1 heterocycles. The largest absolute Gasteiger partial charge is 0.323 e. The summed E-state index contributed by atoms with van der Waals surface area (Å²) in [5.74, 6) is -1.17. The van der Waals surface area contributed by atoms with E-state index >= 15 is 0 Å². The Kier molecular flexibility index (Phi) is 5.48. The molecule has 2 fully saturated rings. The van der Waals surface area contributed by atoms with E-state index < -0.39 is 0 Å². The second-order valence-corrected chi connectivity index (χ2v) is 8.33. The summed E-state index contributed by atoms with van der Waals surface area (Å²) in [4.78, 5) is 40.9. The number of fused-ring (bicyclic) bond motifs is 1. The zero-order valence-electron chi connectivity index (χ0n) is 15.5. The minimum Gasteiger partial charge on any atom is -0.323 e. The molecule has 1 N–H and O–H groups in total. The van der Waals surface area contributed by atoms with Crippen LogP contribution < -0.4 is 5.32 Å². The van der Waals surface area contributed by atoms with Crippen LogP contribution in [0.25, 0.3) is 0 Å². The first kappa shape index (κ1) is 18.7. The molecule has 4 rings (SSSR count). The maximum Gasteiger partial charge on any atom is 0.244 e. The molecule has 0 spiro atoms. The Morgan fingerprint density at radius 2 is 1.54 bits per heavy atom. The number of imide groups is 1. The second-order valence-electron chi connectivity index (χ2n) is 7.22. The standard InChI is InChI=1S/C22H22N2O3S/c25-20(14-24-21(26)16-10-4-5-11-17(16)22(24)27)23-18-12-6-7-13-19(18)28-15-8-2-1-3-9-15/h1-3,6-9,12-13,16-17H,4-5,10-11,14H2,(H,23,25). The Morgan fingerprint density at radius 1 is 0.929 bits per heavy atom. The molecule has 1 aliphatic carbocycles. The Labute approximate surface area is 168 Å². The number of nitrogens with zero attached hydrogens (tertiary/aromatic N) is 1. The zero-order valence-corrected chi connectivity index (χ0v) is 16.3. The van der Waals surface area contributed by atoms with Gasteiger partial charge in [-0.3, -0.25) is 19.3 Å². The number of hydrogen-bond donors (Lipinski definition) is 1. The normalized spacial score (nSPS) is 21.5. The van der Waals surface area contributed by atoms with Crippen LogP contribution in [0.1, 0.15) is 25.7 Å². The predicted octanol–water partition coefficient (Wildman–Crippen LogP) is 3.95. The molecule has 5 nitrogen and oxygen atoms in total. The number of anilines is 1. The Bertz CT molecular complexity index is 876. The van der Waals surface area contributed by atoms with Gasteiger partial charge in [-0.2, -0.15) is 0 Å². The molecule has 6 heteroatoms. The molecule has 144 valence electrons. The predicted molar refractivity (Wildman–Crippen MR) is 108 cm³/mol. The van der Waals surface area contributed by atoms with Crippen LogP contribution in [0.5, 0.6) is 0 Å². The first-order chi connectivity index (χ1) is 13.6. The van der Waals surface area contributed by atoms with Gasteiger partial charge in [0.15, 0.2) is 0 Å². The van der Waals surface area contributed by atoms with Crippen LogP contribution in [-0.4, -0.2) is 29.2 Å². The number of para-hydroxylation sites is 1. The highest BCUT2D eigenvalue weighted by molar-refractivity contribution is 7.99. The zero-order chi connectivity index (χ0) is 19.5. The number of likely N-dealkylation sites (tertiary alicyclic amines) is 1. The van der Waals surface area contributed by atoms with Crippen molar-refractivity contribution in [1.82, 2.24) is 4.90 Å². The molecule has 1 saturated carbocycles. The summed E-state index contributed by atoms with van der Waals surface area (Å²) in [5.41, 5.74) is 0.679. The molecular weight excluding hydrogens is 372 g/mol. The molecule has 2 atom stereocenters. The highest BCUT2D eigenvalue weighted by Crippen LogP contribution is 2.38. The van der Waals surface area contributed by atoms with Gasteiger partial charge in [0.2, 0.25) is 17.7 Å². The summed E-state index contributed by atoms with van der Waals surface area (Å²) in [7, 11) is 0. The summed E-state index contributed by atoms with van der Waals surface area (Å²) < 4.78 is 0. The average molecular weight is 394 g/mol. The molecule has 2 aromatic carbocycles. The van der Waals surface area contributed by atoms with Crippen molar-refractivity contribution in [3.63, 3.8) is 0 Å². The van der Waals surface area contributed by atoms with Crippen molar-refractivity contribution in [3.8, 4) is 0 Å². The van der Waals surface area contributed by atoms with Gasteiger partial charge in [-0.05, 0) is 37.1 Å². The minimum absolute atomic E-state index is 0.184. The van der Waals surface area contributed by atoms with Gasteiger partial charge in [-0.1, -0.05) is 54.9 Å². The van der Waals surface area contributed by atoms with Crippen LogP contribution in [0.3, 0.4) is 0 Å². The molecule has 1 aliphatic heterocycles. The highest BCUT2D eigenvalue weighted by atomic mass is 32.2.